The molecule has 0 atom stereocenters. The minimum atomic E-state index is -2.34. The number of hydrogen-bond donors (Lipinski definition) is 0. The molecular weight excluding hydrogens is 935 g/mol. The van der Waals surface area contributed by atoms with E-state index in [1.165, 1.54) is 52.2 Å². The predicted molar refractivity (Wildman–Crippen MR) is 254 cm³/mol. The van der Waals surface area contributed by atoms with Gasteiger partial charge in [-0.3, -0.25) is 4.98 Å². The van der Waals surface area contributed by atoms with Crippen LogP contribution in [0.4, 0.5) is 0 Å². The third-order valence-electron chi connectivity index (χ3n) is 11.1. The van der Waals surface area contributed by atoms with Crippen molar-refractivity contribution in [2.24, 2.45) is 0 Å². The van der Waals surface area contributed by atoms with Crippen molar-refractivity contribution in [2.45, 2.75) is 60.1 Å². The Morgan fingerprint density at radius 2 is 1.29 bits per heavy atom. The Hall–Kier alpha value is -6.39. The van der Waals surface area contributed by atoms with Crippen LogP contribution in [0.5, 0.6) is 0 Å². The standard InChI is InChI=1S/C44H37N2O.C13H12N.Ir/c1-27(2)36-25-33(32-22-20-31(21-23-32)30-13-7-6-8-14-30)26-37(28(3)4)42(36)46-39-17-11-10-16-38(39)45-44(46)35-24-19-29(5)41-34-15-9-12-18-40(34)47-43(35)41;1-10-3-6-12(7-4-10)13-8-5-11(2)9-14-13;/h6-23,25-28H,1-5H3;3-6,8-9H,1-2H3;/q2*-1;/i5D3;1D3,2D3;. The topological polar surface area (TPSA) is 43.9 Å². The van der Waals surface area contributed by atoms with Crippen LogP contribution in [0.1, 0.15) is 79.7 Å². The Kier molecular flexibility index (Phi) is 9.34. The van der Waals surface area contributed by atoms with Gasteiger partial charge < -0.3 is 14.0 Å². The molecule has 0 aliphatic rings. The second kappa shape index (κ2) is 17.9. The molecule has 0 bridgehead atoms. The molecule has 1 radical (unpaired) electrons. The molecular formula is C57H49IrN3O-2. The van der Waals surface area contributed by atoms with E-state index >= 15 is 0 Å². The molecule has 0 N–H and O–H groups in total. The van der Waals surface area contributed by atoms with Crippen molar-refractivity contribution >= 4 is 33.0 Å². The summed E-state index contributed by atoms with van der Waals surface area (Å²) < 4.78 is 77.5. The molecule has 10 aromatic rings. The third kappa shape index (κ3) is 8.19. The molecule has 3 heterocycles. The molecule has 10 rings (SSSR count). The fraction of sp³-hybridized carbons (Fsp3) is 0.158. The third-order valence-corrected chi connectivity index (χ3v) is 11.1. The monoisotopic (exact) mass is 993 g/mol. The molecule has 309 valence electrons. The predicted octanol–water partition coefficient (Wildman–Crippen LogP) is 15.4. The van der Waals surface area contributed by atoms with Crippen molar-refractivity contribution in [3.63, 3.8) is 0 Å². The summed E-state index contributed by atoms with van der Waals surface area (Å²) in [5.41, 5.74) is 13.5. The van der Waals surface area contributed by atoms with E-state index in [1.807, 2.05) is 48.5 Å². The van der Waals surface area contributed by atoms with Gasteiger partial charge in [-0.05, 0) is 93.7 Å². The average Bonchev–Trinajstić information content (AvgIpc) is 3.92. The Balaban J connectivity index is 0.000000271. The normalized spacial score (nSPS) is 14.1. The second-order valence-electron chi connectivity index (χ2n) is 15.8. The van der Waals surface area contributed by atoms with Gasteiger partial charge in [-0.2, -0.15) is 0 Å². The summed E-state index contributed by atoms with van der Waals surface area (Å²) in [6.45, 7) is 2.26. The number of nitrogens with zero attached hydrogens (tertiary/aromatic N) is 3. The average molecular weight is 993 g/mol. The van der Waals surface area contributed by atoms with Crippen LogP contribution < -0.4 is 0 Å². The number of aromatic nitrogens is 3. The van der Waals surface area contributed by atoms with Crippen LogP contribution in [-0.4, -0.2) is 14.5 Å². The summed E-state index contributed by atoms with van der Waals surface area (Å²) in [5.74, 6) is 1.04. The smallest absolute Gasteiger partial charge is 0.120 e. The molecule has 0 aliphatic carbocycles. The van der Waals surface area contributed by atoms with Crippen LogP contribution in [-0.2, 0) is 20.1 Å². The van der Waals surface area contributed by atoms with Crippen molar-refractivity contribution < 1.29 is 36.9 Å². The van der Waals surface area contributed by atoms with Gasteiger partial charge >= 0.3 is 0 Å². The summed E-state index contributed by atoms with van der Waals surface area (Å²) in [6.07, 6.45) is 1.30. The van der Waals surface area contributed by atoms with Crippen LogP contribution in [0.3, 0.4) is 0 Å². The van der Waals surface area contributed by atoms with E-state index in [0.717, 1.165) is 27.7 Å². The van der Waals surface area contributed by atoms with Gasteiger partial charge in [0.25, 0.3) is 0 Å². The molecule has 0 saturated carbocycles. The number of furan rings is 1. The van der Waals surface area contributed by atoms with E-state index in [-0.39, 0.29) is 48.6 Å². The summed E-state index contributed by atoms with van der Waals surface area (Å²) in [5, 5.41) is 1.34. The number of aryl methyl sites for hydroxylation is 3. The first-order valence-electron chi connectivity index (χ1n) is 25.0. The number of para-hydroxylation sites is 3. The van der Waals surface area contributed by atoms with Gasteiger partial charge in [-0.15, -0.1) is 53.1 Å². The SMILES string of the molecule is [2H]C([2H])([2H])c1c[c-]c(-c2ccc(C([2H])([2H])[2H])cn2)cc1.[2H]C([2H])([2H])c1c[c-]c(-c2nc3ccccc3n2-c2c(C(C)C)cc(-c3ccc(-c4ccccc4)cc3)cc2C(C)C)c2oc3ccccc3c12.[Ir]. The number of pyridine rings is 1. The summed E-state index contributed by atoms with van der Waals surface area (Å²) in [7, 11) is 0. The van der Waals surface area contributed by atoms with E-state index in [4.69, 9.17) is 21.7 Å². The number of fused-ring (bicyclic) bond motifs is 4. The van der Waals surface area contributed by atoms with Crippen molar-refractivity contribution in [1.29, 1.82) is 0 Å². The van der Waals surface area contributed by atoms with Gasteiger partial charge in [0.05, 0.1) is 22.4 Å². The molecule has 4 nitrogen and oxygen atoms in total. The maximum absolute atomic E-state index is 8.36. The minimum Gasteiger partial charge on any atom is -0.501 e. The first kappa shape index (κ1) is 32.3. The Labute approximate surface area is 391 Å². The van der Waals surface area contributed by atoms with E-state index in [9.17, 15) is 0 Å². The zero-order valence-electron chi connectivity index (χ0n) is 43.7. The van der Waals surface area contributed by atoms with E-state index in [1.54, 1.807) is 18.2 Å². The minimum absolute atomic E-state index is 0. The van der Waals surface area contributed by atoms with Gasteiger partial charge in [-0.25, -0.2) is 0 Å². The molecule has 7 aromatic carbocycles. The quantitative estimate of drug-likeness (QED) is 0.149. The molecule has 0 unspecified atom stereocenters. The van der Waals surface area contributed by atoms with Gasteiger partial charge in [0, 0.05) is 49.7 Å². The van der Waals surface area contributed by atoms with Crippen LogP contribution in [0.2, 0.25) is 0 Å². The molecule has 62 heavy (non-hydrogen) atoms. The molecule has 3 aromatic heterocycles. The largest absolute Gasteiger partial charge is 0.501 e. The Morgan fingerprint density at radius 1 is 0.629 bits per heavy atom. The summed E-state index contributed by atoms with van der Waals surface area (Å²) in [6, 6.07) is 55.1. The van der Waals surface area contributed by atoms with Gasteiger partial charge in [0.1, 0.15) is 5.58 Å². The van der Waals surface area contributed by atoms with Gasteiger partial charge in [0.2, 0.25) is 0 Å². The maximum Gasteiger partial charge on any atom is 0.120 e. The molecule has 0 spiro atoms. The molecule has 0 fully saturated rings. The molecule has 5 heteroatoms. The first-order chi connectivity index (χ1) is 33.3. The molecule has 0 amide bonds. The van der Waals surface area contributed by atoms with Gasteiger partial charge in [0.15, 0.2) is 0 Å². The second-order valence-corrected chi connectivity index (χ2v) is 15.8. The van der Waals surface area contributed by atoms with Crippen molar-refractivity contribution in [3.8, 4) is 50.6 Å². The molecule has 0 saturated heterocycles. The van der Waals surface area contributed by atoms with E-state index in [2.05, 4.69) is 116 Å². The number of hydrogen-bond acceptors (Lipinski definition) is 3. The Bertz CT molecular complexity index is 3400. The summed E-state index contributed by atoms with van der Waals surface area (Å²) >= 11 is 0. The van der Waals surface area contributed by atoms with Crippen molar-refractivity contribution in [3.05, 3.63) is 198 Å². The Morgan fingerprint density at radius 3 is 1.95 bits per heavy atom. The van der Waals surface area contributed by atoms with Crippen LogP contribution in [0.15, 0.2) is 162 Å². The van der Waals surface area contributed by atoms with Gasteiger partial charge in [-0.1, -0.05) is 149 Å². The summed E-state index contributed by atoms with van der Waals surface area (Å²) in [4.78, 5) is 9.30. The number of imidazole rings is 1. The van der Waals surface area contributed by atoms with Crippen LogP contribution in [0.25, 0.3) is 83.6 Å². The molecule has 0 aliphatic heterocycles. The van der Waals surface area contributed by atoms with Crippen molar-refractivity contribution in [2.75, 3.05) is 0 Å². The fourth-order valence-corrected chi connectivity index (χ4v) is 7.97. The maximum atomic E-state index is 8.36. The van der Waals surface area contributed by atoms with E-state index in [0.29, 0.717) is 39.2 Å². The number of benzene rings is 7. The van der Waals surface area contributed by atoms with Crippen molar-refractivity contribution in [1.82, 2.24) is 14.5 Å². The van der Waals surface area contributed by atoms with Crippen LogP contribution >= 0.6 is 0 Å². The number of rotatable bonds is 7. The van der Waals surface area contributed by atoms with Crippen LogP contribution in [0, 0.1) is 32.7 Å². The first-order valence-corrected chi connectivity index (χ1v) is 20.5. The van der Waals surface area contributed by atoms with E-state index < -0.39 is 20.6 Å². The zero-order valence-corrected chi connectivity index (χ0v) is 37.1. The fourth-order valence-electron chi connectivity index (χ4n) is 7.97. The zero-order chi connectivity index (χ0) is 49.7.